The van der Waals surface area contributed by atoms with Gasteiger partial charge in [0, 0.05) is 38.4 Å². The van der Waals surface area contributed by atoms with E-state index in [0.717, 1.165) is 57.4 Å². The molecule has 2 aromatic rings. The van der Waals surface area contributed by atoms with Crippen LogP contribution < -0.4 is 10.1 Å². The highest BCUT2D eigenvalue weighted by Gasteiger charge is 2.28. The summed E-state index contributed by atoms with van der Waals surface area (Å²) in [6.45, 7) is 4.57. The second kappa shape index (κ2) is 11.5. The van der Waals surface area contributed by atoms with Gasteiger partial charge in [-0.1, -0.05) is 6.42 Å². The van der Waals surface area contributed by atoms with Gasteiger partial charge in [0.25, 0.3) is 5.91 Å². The van der Waals surface area contributed by atoms with Gasteiger partial charge < -0.3 is 24.3 Å². The van der Waals surface area contributed by atoms with Crippen molar-refractivity contribution < 1.29 is 14.3 Å². The number of amides is 1. The lowest BCUT2D eigenvalue weighted by molar-refractivity contribution is 0.0490. The topological polar surface area (TPSA) is 94.4 Å². The number of imidazole rings is 1. The first kappa shape index (κ1) is 24.2. The van der Waals surface area contributed by atoms with Gasteiger partial charge in [-0.15, -0.1) is 0 Å². The maximum absolute atomic E-state index is 13.3. The summed E-state index contributed by atoms with van der Waals surface area (Å²) >= 11 is 0. The monoisotopic (exact) mass is 482 g/mol. The molecule has 0 radical (unpaired) electrons. The molecule has 4 heterocycles. The summed E-state index contributed by atoms with van der Waals surface area (Å²) in [6.07, 6.45) is 13.7. The zero-order chi connectivity index (χ0) is 24.0. The number of piperidine rings is 1. The van der Waals surface area contributed by atoms with Gasteiger partial charge in [0.05, 0.1) is 19.1 Å². The van der Waals surface area contributed by atoms with Crippen LogP contribution in [0.25, 0.3) is 11.5 Å². The SMILES string of the molecule is Cn1cncc1-c1nc(OCC2CCOCC2)cc(C(=O)NC2CCC(N3CCCCC3)CC2)n1. The second-order valence-electron chi connectivity index (χ2n) is 10.2. The molecule has 3 fully saturated rings. The molecular weight excluding hydrogens is 444 g/mol. The molecule has 190 valence electrons. The fourth-order valence-electron chi connectivity index (χ4n) is 5.55. The van der Waals surface area contributed by atoms with E-state index in [9.17, 15) is 4.79 Å². The first-order valence-electron chi connectivity index (χ1n) is 13.3. The summed E-state index contributed by atoms with van der Waals surface area (Å²) < 4.78 is 13.4. The van der Waals surface area contributed by atoms with Crippen LogP contribution in [-0.4, -0.2) is 75.3 Å². The van der Waals surface area contributed by atoms with Gasteiger partial charge in [0.1, 0.15) is 11.4 Å². The van der Waals surface area contributed by atoms with Crippen LogP contribution in [0, 0.1) is 5.92 Å². The molecular formula is C26H38N6O3. The molecule has 2 saturated heterocycles. The van der Waals surface area contributed by atoms with Crippen molar-refractivity contribution in [3.05, 3.63) is 24.3 Å². The van der Waals surface area contributed by atoms with Crippen LogP contribution in [0.3, 0.4) is 0 Å². The molecule has 1 aliphatic carbocycles. The molecule has 0 aromatic carbocycles. The van der Waals surface area contributed by atoms with E-state index in [4.69, 9.17) is 9.47 Å². The summed E-state index contributed by atoms with van der Waals surface area (Å²) in [5.74, 6) is 1.16. The Kier molecular flexibility index (Phi) is 7.93. The van der Waals surface area contributed by atoms with E-state index in [1.165, 1.54) is 32.4 Å². The number of hydrogen-bond donors (Lipinski definition) is 1. The lowest BCUT2D eigenvalue weighted by atomic mass is 9.89. The number of rotatable bonds is 7. The Morgan fingerprint density at radius 2 is 1.86 bits per heavy atom. The molecule has 0 bridgehead atoms. The number of nitrogens with zero attached hydrogens (tertiary/aromatic N) is 5. The molecule has 0 spiro atoms. The Hall–Kier alpha value is -2.52. The maximum Gasteiger partial charge on any atom is 0.270 e. The predicted molar refractivity (Wildman–Crippen MR) is 132 cm³/mol. The number of likely N-dealkylation sites (tertiary alicyclic amines) is 1. The Morgan fingerprint density at radius 1 is 1.09 bits per heavy atom. The minimum absolute atomic E-state index is 0.159. The molecule has 1 saturated carbocycles. The number of aromatic nitrogens is 4. The summed E-state index contributed by atoms with van der Waals surface area (Å²) in [4.78, 5) is 29.3. The zero-order valence-corrected chi connectivity index (χ0v) is 20.8. The van der Waals surface area contributed by atoms with E-state index in [-0.39, 0.29) is 11.9 Å². The van der Waals surface area contributed by atoms with Crippen molar-refractivity contribution in [2.45, 2.75) is 69.9 Å². The molecule has 1 amide bonds. The van der Waals surface area contributed by atoms with Gasteiger partial charge in [-0.2, -0.15) is 4.98 Å². The van der Waals surface area contributed by atoms with Gasteiger partial charge in [0.2, 0.25) is 5.88 Å². The molecule has 5 rings (SSSR count). The van der Waals surface area contributed by atoms with Crippen molar-refractivity contribution >= 4 is 5.91 Å². The Bertz CT molecular complexity index is 975. The minimum atomic E-state index is -0.159. The Labute approximate surface area is 207 Å². The van der Waals surface area contributed by atoms with Crippen molar-refractivity contribution in [1.29, 1.82) is 0 Å². The first-order chi connectivity index (χ1) is 17.2. The van der Waals surface area contributed by atoms with Crippen LogP contribution in [0.2, 0.25) is 0 Å². The fraction of sp³-hybridized carbons (Fsp3) is 0.692. The number of ether oxygens (including phenoxy) is 2. The van der Waals surface area contributed by atoms with Gasteiger partial charge in [-0.3, -0.25) is 4.79 Å². The number of nitrogens with one attached hydrogen (secondary N) is 1. The quantitative estimate of drug-likeness (QED) is 0.648. The Balaban J connectivity index is 1.25. The summed E-state index contributed by atoms with van der Waals surface area (Å²) in [5, 5.41) is 3.24. The number of carbonyl (C=O) groups excluding carboxylic acids is 1. The zero-order valence-electron chi connectivity index (χ0n) is 20.8. The highest BCUT2D eigenvalue weighted by atomic mass is 16.5. The van der Waals surface area contributed by atoms with Crippen molar-refractivity contribution in [1.82, 2.24) is 29.7 Å². The van der Waals surface area contributed by atoms with Crippen molar-refractivity contribution in [2.75, 3.05) is 32.9 Å². The second-order valence-corrected chi connectivity index (χ2v) is 10.2. The van der Waals surface area contributed by atoms with E-state index < -0.39 is 0 Å². The van der Waals surface area contributed by atoms with Gasteiger partial charge >= 0.3 is 0 Å². The summed E-state index contributed by atoms with van der Waals surface area (Å²) in [5.41, 5.74) is 1.09. The van der Waals surface area contributed by atoms with Gasteiger partial charge in [-0.25, -0.2) is 9.97 Å². The predicted octanol–water partition coefficient (Wildman–Crippen LogP) is 3.21. The van der Waals surface area contributed by atoms with E-state index in [1.54, 1.807) is 18.6 Å². The highest BCUT2D eigenvalue weighted by Crippen LogP contribution is 2.26. The standard InChI is InChI=1S/C26H38N6O3/c1-31-18-27-16-23(31)25-29-22(15-24(30-25)35-17-19-9-13-34-14-10-19)26(33)28-20-5-7-21(8-6-20)32-11-3-2-4-12-32/h15-16,18-21H,2-14,17H2,1H3,(H,28,33). The largest absolute Gasteiger partial charge is 0.477 e. The van der Waals surface area contributed by atoms with E-state index in [2.05, 4.69) is 25.2 Å². The van der Waals surface area contributed by atoms with E-state index in [0.29, 0.717) is 36.0 Å². The van der Waals surface area contributed by atoms with Crippen LogP contribution in [-0.2, 0) is 11.8 Å². The van der Waals surface area contributed by atoms with Crippen LogP contribution in [0.5, 0.6) is 5.88 Å². The third kappa shape index (κ3) is 6.19. The third-order valence-electron chi connectivity index (χ3n) is 7.73. The lowest BCUT2D eigenvalue weighted by Gasteiger charge is -2.39. The molecule has 2 aromatic heterocycles. The maximum atomic E-state index is 13.3. The third-order valence-corrected chi connectivity index (χ3v) is 7.73. The van der Waals surface area contributed by atoms with Crippen molar-refractivity contribution in [3.63, 3.8) is 0 Å². The average molecular weight is 483 g/mol. The summed E-state index contributed by atoms with van der Waals surface area (Å²) in [6, 6.07) is 2.53. The molecule has 3 aliphatic rings. The molecule has 9 nitrogen and oxygen atoms in total. The molecule has 1 N–H and O–H groups in total. The van der Waals surface area contributed by atoms with Gasteiger partial charge in [0.15, 0.2) is 5.82 Å². The van der Waals surface area contributed by atoms with Crippen LogP contribution in [0.1, 0.15) is 68.3 Å². The van der Waals surface area contributed by atoms with Gasteiger partial charge in [-0.05, 0) is 70.4 Å². The van der Waals surface area contributed by atoms with Crippen LogP contribution >= 0.6 is 0 Å². The van der Waals surface area contributed by atoms with Crippen LogP contribution in [0.15, 0.2) is 18.6 Å². The first-order valence-corrected chi connectivity index (χ1v) is 13.3. The van der Waals surface area contributed by atoms with E-state index >= 15 is 0 Å². The molecule has 9 heteroatoms. The lowest BCUT2D eigenvalue weighted by Crippen LogP contribution is -2.45. The summed E-state index contributed by atoms with van der Waals surface area (Å²) in [7, 11) is 1.89. The molecule has 2 aliphatic heterocycles. The normalized spacial score (nSPS) is 24.3. The number of hydrogen-bond acceptors (Lipinski definition) is 7. The van der Waals surface area contributed by atoms with Crippen molar-refractivity contribution in [2.24, 2.45) is 13.0 Å². The molecule has 0 unspecified atom stereocenters. The highest BCUT2D eigenvalue weighted by molar-refractivity contribution is 5.93. The number of aryl methyl sites for hydroxylation is 1. The average Bonchev–Trinajstić information content (AvgIpc) is 3.34. The Morgan fingerprint density at radius 3 is 2.57 bits per heavy atom. The van der Waals surface area contributed by atoms with Crippen molar-refractivity contribution in [3.8, 4) is 17.4 Å². The van der Waals surface area contributed by atoms with E-state index in [1.807, 2.05) is 11.6 Å². The number of carbonyl (C=O) groups is 1. The minimum Gasteiger partial charge on any atom is -0.477 e. The fourth-order valence-corrected chi connectivity index (χ4v) is 5.55. The smallest absolute Gasteiger partial charge is 0.270 e. The molecule has 35 heavy (non-hydrogen) atoms. The molecule has 0 atom stereocenters. The van der Waals surface area contributed by atoms with Crippen LogP contribution in [0.4, 0.5) is 0 Å².